The number of halogens is 1. The van der Waals surface area contributed by atoms with Crippen molar-refractivity contribution in [3.05, 3.63) is 29.6 Å². The molecule has 1 unspecified atom stereocenters. The lowest BCUT2D eigenvalue weighted by molar-refractivity contribution is 0.0897. The van der Waals surface area contributed by atoms with Crippen LogP contribution in [0.1, 0.15) is 24.8 Å². The van der Waals surface area contributed by atoms with E-state index in [0.717, 1.165) is 25.9 Å². The summed E-state index contributed by atoms with van der Waals surface area (Å²) in [7, 11) is 0. The molecule has 0 aliphatic carbocycles. The molecule has 1 aromatic carbocycles. The number of benzene rings is 1. The van der Waals surface area contributed by atoms with Crippen LogP contribution in [0.15, 0.2) is 23.4 Å². The lowest BCUT2D eigenvalue weighted by Crippen LogP contribution is -2.14. The van der Waals surface area contributed by atoms with Gasteiger partial charge in [0.1, 0.15) is 0 Å². The van der Waals surface area contributed by atoms with Gasteiger partial charge >= 0.3 is 0 Å². The Morgan fingerprint density at radius 1 is 1.58 bits per heavy atom. The molecule has 6 heteroatoms. The number of hydrogen-bond acceptors (Lipinski definition) is 4. The van der Waals surface area contributed by atoms with E-state index in [1.165, 1.54) is 12.1 Å². The molecule has 1 aliphatic rings. The standard InChI is InChI=1S/C13H17FN2O3/c14-11-8-9(13(15)16-17)3-4-12(11)19-7-5-10-2-1-6-18-10/h3-4,8,10,17H,1-2,5-7H2,(H2,15,16). The van der Waals surface area contributed by atoms with Gasteiger partial charge in [-0.15, -0.1) is 0 Å². The summed E-state index contributed by atoms with van der Waals surface area (Å²) in [4.78, 5) is 0. The molecule has 5 nitrogen and oxygen atoms in total. The van der Waals surface area contributed by atoms with Crippen molar-refractivity contribution in [2.45, 2.75) is 25.4 Å². The van der Waals surface area contributed by atoms with Crippen LogP contribution in [0, 0.1) is 5.82 Å². The van der Waals surface area contributed by atoms with Gasteiger partial charge in [0, 0.05) is 18.6 Å². The number of hydrogen-bond donors (Lipinski definition) is 2. The Bertz CT molecular complexity index is 459. The lowest BCUT2D eigenvalue weighted by atomic mass is 10.2. The van der Waals surface area contributed by atoms with Crippen LogP contribution in [0.25, 0.3) is 0 Å². The van der Waals surface area contributed by atoms with Gasteiger partial charge in [-0.1, -0.05) is 5.16 Å². The molecule has 0 radical (unpaired) electrons. The van der Waals surface area contributed by atoms with Gasteiger partial charge in [0.15, 0.2) is 17.4 Å². The van der Waals surface area contributed by atoms with Crippen molar-refractivity contribution in [2.75, 3.05) is 13.2 Å². The van der Waals surface area contributed by atoms with E-state index in [4.69, 9.17) is 20.4 Å². The fourth-order valence-electron chi connectivity index (χ4n) is 2.01. The molecule has 0 amide bonds. The summed E-state index contributed by atoms with van der Waals surface area (Å²) >= 11 is 0. The fraction of sp³-hybridized carbons (Fsp3) is 0.462. The summed E-state index contributed by atoms with van der Waals surface area (Å²) in [5, 5.41) is 11.3. The number of ether oxygens (including phenoxy) is 2. The molecule has 0 bridgehead atoms. The molecule has 0 spiro atoms. The molecular formula is C13H17FN2O3. The highest BCUT2D eigenvalue weighted by molar-refractivity contribution is 5.97. The highest BCUT2D eigenvalue weighted by atomic mass is 19.1. The van der Waals surface area contributed by atoms with Crippen LogP contribution in [0.5, 0.6) is 5.75 Å². The second-order valence-electron chi connectivity index (χ2n) is 4.40. The van der Waals surface area contributed by atoms with Crippen LogP contribution >= 0.6 is 0 Å². The molecule has 1 aromatic rings. The third-order valence-corrected chi connectivity index (χ3v) is 3.06. The normalized spacial score (nSPS) is 19.6. The first-order chi connectivity index (χ1) is 9.20. The Labute approximate surface area is 110 Å². The number of rotatable bonds is 5. The van der Waals surface area contributed by atoms with Gasteiger partial charge in [0.05, 0.1) is 12.7 Å². The highest BCUT2D eigenvalue weighted by Gasteiger charge is 2.15. The van der Waals surface area contributed by atoms with Gasteiger partial charge in [-0.05, 0) is 31.0 Å². The second-order valence-corrected chi connectivity index (χ2v) is 4.40. The zero-order chi connectivity index (χ0) is 13.7. The highest BCUT2D eigenvalue weighted by Crippen LogP contribution is 2.20. The van der Waals surface area contributed by atoms with Crippen molar-refractivity contribution in [1.29, 1.82) is 0 Å². The van der Waals surface area contributed by atoms with Gasteiger partial charge in [-0.25, -0.2) is 4.39 Å². The average molecular weight is 268 g/mol. The topological polar surface area (TPSA) is 77.1 Å². The van der Waals surface area contributed by atoms with Crippen molar-refractivity contribution in [2.24, 2.45) is 10.9 Å². The lowest BCUT2D eigenvalue weighted by Gasteiger charge is -2.11. The Balaban J connectivity index is 1.89. The first kappa shape index (κ1) is 13.6. The smallest absolute Gasteiger partial charge is 0.170 e. The minimum Gasteiger partial charge on any atom is -0.490 e. The summed E-state index contributed by atoms with van der Waals surface area (Å²) in [6, 6.07) is 4.19. The van der Waals surface area contributed by atoms with E-state index in [1.54, 1.807) is 6.07 Å². The maximum Gasteiger partial charge on any atom is 0.170 e. The minimum absolute atomic E-state index is 0.134. The summed E-state index contributed by atoms with van der Waals surface area (Å²) in [5.41, 5.74) is 5.68. The van der Waals surface area contributed by atoms with E-state index in [-0.39, 0.29) is 17.7 Å². The van der Waals surface area contributed by atoms with Crippen LogP contribution in [0.4, 0.5) is 4.39 Å². The maximum atomic E-state index is 13.7. The summed E-state index contributed by atoms with van der Waals surface area (Å²) < 4.78 is 24.5. The van der Waals surface area contributed by atoms with Gasteiger partial charge in [-0.2, -0.15) is 0 Å². The van der Waals surface area contributed by atoms with Gasteiger partial charge < -0.3 is 20.4 Å². The Morgan fingerprint density at radius 2 is 2.42 bits per heavy atom. The van der Waals surface area contributed by atoms with Crippen molar-refractivity contribution in [3.8, 4) is 5.75 Å². The molecule has 19 heavy (non-hydrogen) atoms. The maximum absolute atomic E-state index is 13.7. The van der Waals surface area contributed by atoms with Crippen LogP contribution in [0.2, 0.25) is 0 Å². The van der Waals surface area contributed by atoms with Crippen LogP contribution in [-0.4, -0.2) is 30.4 Å². The third kappa shape index (κ3) is 3.57. The molecule has 104 valence electrons. The molecule has 1 saturated heterocycles. The number of oxime groups is 1. The van der Waals surface area contributed by atoms with Crippen molar-refractivity contribution >= 4 is 5.84 Å². The van der Waals surface area contributed by atoms with Crippen LogP contribution in [0.3, 0.4) is 0 Å². The van der Waals surface area contributed by atoms with Gasteiger partial charge in [0.25, 0.3) is 0 Å². The van der Waals surface area contributed by atoms with E-state index >= 15 is 0 Å². The fourth-order valence-corrected chi connectivity index (χ4v) is 2.01. The van der Waals surface area contributed by atoms with E-state index in [1.807, 2.05) is 0 Å². The Hall–Kier alpha value is -1.82. The zero-order valence-electron chi connectivity index (χ0n) is 10.5. The van der Waals surface area contributed by atoms with Gasteiger partial charge in [0.2, 0.25) is 0 Å². The number of amidine groups is 1. The Kier molecular flexibility index (Phi) is 4.57. The molecular weight excluding hydrogens is 251 g/mol. The predicted molar refractivity (Wildman–Crippen MR) is 68.0 cm³/mol. The quantitative estimate of drug-likeness (QED) is 0.370. The van der Waals surface area contributed by atoms with Crippen molar-refractivity contribution in [3.63, 3.8) is 0 Å². The number of nitrogens with two attached hydrogens (primary N) is 1. The monoisotopic (exact) mass is 268 g/mol. The number of nitrogens with zero attached hydrogens (tertiary/aromatic N) is 1. The molecule has 1 heterocycles. The molecule has 1 atom stereocenters. The molecule has 0 aromatic heterocycles. The largest absolute Gasteiger partial charge is 0.490 e. The van der Waals surface area contributed by atoms with E-state index in [9.17, 15) is 4.39 Å². The van der Waals surface area contributed by atoms with Crippen LogP contribution < -0.4 is 10.5 Å². The van der Waals surface area contributed by atoms with Crippen molar-refractivity contribution < 1.29 is 19.1 Å². The molecule has 1 aliphatic heterocycles. The summed E-state index contributed by atoms with van der Waals surface area (Å²) in [6.45, 7) is 1.21. The first-order valence-corrected chi connectivity index (χ1v) is 6.22. The molecule has 1 fully saturated rings. The van der Waals surface area contributed by atoms with Gasteiger partial charge in [-0.3, -0.25) is 0 Å². The van der Waals surface area contributed by atoms with E-state index < -0.39 is 5.82 Å². The summed E-state index contributed by atoms with van der Waals surface area (Å²) in [6.07, 6.45) is 3.09. The Morgan fingerprint density at radius 3 is 3.05 bits per heavy atom. The minimum atomic E-state index is -0.531. The molecule has 2 rings (SSSR count). The zero-order valence-corrected chi connectivity index (χ0v) is 10.5. The second kappa shape index (κ2) is 6.38. The first-order valence-electron chi connectivity index (χ1n) is 6.22. The third-order valence-electron chi connectivity index (χ3n) is 3.06. The molecule has 0 saturated carbocycles. The SMILES string of the molecule is N/C(=N/O)c1ccc(OCCC2CCCO2)c(F)c1. The molecule has 3 N–H and O–H groups in total. The average Bonchev–Trinajstić information content (AvgIpc) is 2.93. The summed E-state index contributed by atoms with van der Waals surface area (Å²) in [5.74, 6) is -0.506. The van der Waals surface area contributed by atoms with Crippen molar-refractivity contribution in [1.82, 2.24) is 0 Å². The predicted octanol–water partition coefficient (Wildman–Crippen LogP) is 1.87. The van der Waals surface area contributed by atoms with E-state index in [0.29, 0.717) is 12.2 Å². The van der Waals surface area contributed by atoms with E-state index in [2.05, 4.69) is 5.16 Å². The van der Waals surface area contributed by atoms with Crippen LogP contribution in [-0.2, 0) is 4.74 Å².